The quantitative estimate of drug-likeness (QED) is 0.591. The molecule has 1 atom stereocenters. The van der Waals surface area contributed by atoms with E-state index in [1.807, 2.05) is 36.9 Å². The van der Waals surface area contributed by atoms with Gasteiger partial charge < -0.3 is 15.5 Å². The molecule has 3 heterocycles. The molecule has 1 saturated heterocycles. The van der Waals surface area contributed by atoms with Crippen molar-refractivity contribution in [2.24, 2.45) is 5.92 Å². The molecule has 2 amide bonds. The molecule has 1 aliphatic heterocycles. The van der Waals surface area contributed by atoms with Crippen LogP contribution in [0, 0.1) is 12.8 Å². The number of rotatable bonds is 6. The van der Waals surface area contributed by atoms with Crippen LogP contribution >= 0.6 is 11.3 Å². The molecule has 0 spiro atoms. The number of carbonyl (C=O) groups excluding carboxylic acids is 2. The van der Waals surface area contributed by atoms with Crippen molar-refractivity contribution in [3.63, 3.8) is 0 Å². The molecule has 1 unspecified atom stereocenters. The second-order valence-corrected chi connectivity index (χ2v) is 8.90. The molecular formula is C22H26N6O3S. The summed E-state index contributed by atoms with van der Waals surface area (Å²) < 4.78 is 1.70. The number of benzene rings is 1. The van der Waals surface area contributed by atoms with Crippen LogP contribution in [-0.4, -0.2) is 46.0 Å². The molecule has 1 aromatic carbocycles. The summed E-state index contributed by atoms with van der Waals surface area (Å²) in [6.07, 6.45) is 3.08. The van der Waals surface area contributed by atoms with Crippen LogP contribution in [0.25, 0.3) is 10.3 Å². The van der Waals surface area contributed by atoms with Crippen LogP contribution in [0.3, 0.4) is 0 Å². The predicted octanol–water partition coefficient (Wildman–Crippen LogP) is 2.15. The van der Waals surface area contributed by atoms with E-state index in [-0.39, 0.29) is 29.8 Å². The normalized spacial score (nSPS) is 16.2. The lowest BCUT2D eigenvalue weighted by atomic mass is 9.97. The van der Waals surface area contributed by atoms with Crippen LogP contribution in [0.15, 0.2) is 35.4 Å². The first kappa shape index (κ1) is 21.9. The third-order valence-electron chi connectivity index (χ3n) is 5.40. The smallest absolute Gasteiger partial charge is 0.273 e. The average Bonchev–Trinajstić information content (AvgIpc) is 3.21. The monoisotopic (exact) mass is 454 g/mol. The van der Waals surface area contributed by atoms with Gasteiger partial charge in [-0.3, -0.25) is 19.0 Å². The Bertz CT molecular complexity index is 1200. The van der Waals surface area contributed by atoms with Crippen molar-refractivity contribution in [3.05, 3.63) is 46.5 Å². The number of piperidine rings is 1. The van der Waals surface area contributed by atoms with E-state index in [1.165, 1.54) is 22.2 Å². The Morgan fingerprint density at radius 2 is 2.16 bits per heavy atom. The number of hydrogen-bond acceptors (Lipinski definition) is 7. The van der Waals surface area contributed by atoms with Crippen molar-refractivity contribution in [2.45, 2.75) is 33.2 Å². The summed E-state index contributed by atoms with van der Waals surface area (Å²) in [5.74, 6) is -0.339. The highest BCUT2D eigenvalue weighted by molar-refractivity contribution is 7.22. The molecule has 3 aromatic rings. The number of amides is 2. The fourth-order valence-corrected chi connectivity index (χ4v) is 4.85. The van der Waals surface area contributed by atoms with Crippen molar-refractivity contribution >= 4 is 44.3 Å². The van der Waals surface area contributed by atoms with Gasteiger partial charge in [-0.1, -0.05) is 23.5 Å². The van der Waals surface area contributed by atoms with Crippen LogP contribution < -0.4 is 21.1 Å². The fourth-order valence-electron chi connectivity index (χ4n) is 3.84. The third-order valence-corrected chi connectivity index (χ3v) is 6.50. The number of hydrogen-bond donors (Lipinski definition) is 2. The van der Waals surface area contributed by atoms with Crippen LogP contribution in [0.4, 0.5) is 10.8 Å². The predicted molar refractivity (Wildman–Crippen MR) is 125 cm³/mol. The molecule has 1 fully saturated rings. The zero-order valence-electron chi connectivity index (χ0n) is 18.1. The number of anilines is 2. The minimum Gasteiger partial charge on any atom is -0.356 e. The highest BCUT2D eigenvalue weighted by atomic mass is 32.1. The number of aryl methyl sites for hydroxylation is 1. The second-order valence-electron chi connectivity index (χ2n) is 7.92. The Hall–Kier alpha value is -3.27. The summed E-state index contributed by atoms with van der Waals surface area (Å²) in [6.45, 7) is 5.68. The molecule has 2 aromatic heterocycles. The van der Waals surface area contributed by atoms with Gasteiger partial charge in [0.1, 0.15) is 17.6 Å². The highest BCUT2D eigenvalue weighted by Crippen LogP contribution is 2.29. The molecule has 0 radical (unpaired) electrons. The number of carbonyl (C=O) groups is 2. The molecule has 168 valence electrons. The van der Waals surface area contributed by atoms with Crippen LogP contribution in [0.2, 0.25) is 0 Å². The largest absolute Gasteiger partial charge is 0.356 e. The highest BCUT2D eigenvalue weighted by Gasteiger charge is 2.27. The molecule has 9 nitrogen and oxygen atoms in total. The third kappa shape index (κ3) is 4.80. The molecule has 2 N–H and O–H groups in total. The molecule has 32 heavy (non-hydrogen) atoms. The number of nitrogens with zero attached hydrogens (tertiary/aromatic N) is 4. The van der Waals surface area contributed by atoms with Crippen molar-refractivity contribution in [2.75, 3.05) is 29.9 Å². The van der Waals surface area contributed by atoms with E-state index in [9.17, 15) is 14.4 Å². The summed E-state index contributed by atoms with van der Waals surface area (Å²) in [4.78, 5) is 48.5. The maximum absolute atomic E-state index is 13.0. The van der Waals surface area contributed by atoms with E-state index in [2.05, 4.69) is 20.6 Å². The van der Waals surface area contributed by atoms with Gasteiger partial charge >= 0.3 is 0 Å². The Morgan fingerprint density at radius 1 is 1.31 bits per heavy atom. The van der Waals surface area contributed by atoms with E-state index in [1.54, 1.807) is 6.07 Å². The topological polar surface area (TPSA) is 109 Å². The Balaban J connectivity index is 1.50. The minimum absolute atomic E-state index is 0.0541. The Labute approximate surface area is 189 Å². The van der Waals surface area contributed by atoms with Crippen LogP contribution in [0.5, 0.6) is 0 Å². The van der Waals surface area contributed by atoms with Crippen molar-refractivity contribution in [1.82, 2.24) is 19.9 Å². The van der Waals surface area contributed by atoms with E-state index in [4.69, 9.17) is 0 Å². The van der Waals surface area contributed by atoms with Gasteiger partial charge in [0.2, 0.25) is 11.8 Å². The molecule has 10 heteroatoms. The molecule has 0 bridgehead atoms. The fraction of sp³-hybridized carbons (Fsp3) is 0.409. The van der Waals surface area contributed by atoms with E-state index in [0.29, 0.717) is 34.3 Å². The molecular weight excluding hydrogens is 428 g/mol. The summed E-state index contributed by atoms with van der Waals surface area (Å²) >= 11 is 1.26. The SMILES string of the molecule is CCNC(=O)C1CCCN(c2nc3ncn(CC(=O)Nc4cccc(C)c4)c(=O)c3s2)C1. The van der Waals surface area contributed by atoms with Gasteiger partial charge in [0.05, 0.1) is 5.92 Å². The van der Waals surface area contributed by atoms with E-state index < -0.39 is 0 Å². The Morgan fingerprint density at radius 3 is 2.94 bits per heavy atom. The summed E-state index contributed by atoms with van der Waals surface area (Å²) in [5.41, 5.74) is 1.79. The van der Waals surface area contributed by atoms with Crippen LogP contribution in [0.1, 0.15) is 25.3 Å². The standard InChI is InChI=1S/C22H26N6O3S/c1-3-23-20(30)15-7-5-9-27(11-15)22-26-19-18(32-22)21(31)28(13-24-19)12-17(29)25-16-8-4-6-14(2)10-16/h4,6,8,10,13,15H,3,5,7,9,11-12H2,1-2H3,(H,23,30)(H,25,29). The summed E-state index contributed by atoms with van der Waals surface area (Å²) in [5, 5.41) is 6.37. The Kier molecular flexibility index (Phi) is 6.50. The second kappa shape index (κ2) is 9.47. The van der Waals surface area contributed by atoms with E-state index >= 15 is 0 Å². The lowest BCUT2D eigenvalue weighted by molar-refractivity contribution is -0.125. The lowest BCUT2D eigenvalue weighted by Crippen LogP contribution is -2.43. The first-order chi connectivity index (χ1) is 15.4. The average molecular weight is 455 g/mol. The molecule has 0 saturated carbocycles. The summed E-state index contributed by atoms with van der Waals surface area (Å²) in [6, 6.07) is 7.47. The van der Waals surface area contributed by atoms with Gasteiger partial charge in [-0.2, -0.15) is 4.98 Å². The maximum atomic E-state index is 13.0. The summed E-state index contributed by atoms with van der Waals surface area (Å²) in [7, 11) is 0. The molecule has 1 aliphatic rings. The van der Waals surface area contributed by atoms with Crippen molar-refractivity contribution < 1.29 is 9.59 Å². The zero-order chi connectivity index (χ0) is 22.7. The zero-order valence-corrected chi connectivity index (χ0v) is 18.9. The van der Waals surface area contributed by atoms with Gasteiger partial charge in [0, 0.05) is 25.3 Å². The molecule has 0 aliphatic carbocycles. The van der Waals surface area contributed by atoms with Gasteiger partial charge in [-0.15, -0.1) is 0 Å². The van der Waals surface area contributed by atoms with E-state index in [0.717, 1.165) is 24.9 Å². The van der Waals surface area contributed by atoms with Crippen molar-refractivity contribution in [3.8, 4) is 0 Å². The van der Waals surface area contributed by atoms with Crippen molar-refractivity contribution in [1.29, 1.82) is 0 Å². The number of fused-ring (bicyclic) bond motifs is 1. The van der Waals surface area contributed by atoms with Crippen LogP contribution in [-0.2, 0) is 16.1 Å². The maximum Gasteiger partial charge on any atom is 0.273 e. The number of thiazole rings is 1. The van der Waals surface area contributed by atoms with Gasteiger partial charge in [-0.25, -0.2) is 4.98 Å². The number of nitrogens with one attached hydrogen (secondary N) is 2. The van der Waals surface area contributed by atoms with Gasteiger partial charge in [0.25, 0.3) is 5.56 Å². The van der Waals surface area contributed by atoms with Gasteiger partial charge in [-0.05, 0) is 44.4 Å². The minimum atomic E-state index is -0.301. The molecule has 4 rings (SSSR count). The first-order valence-corrected chi connectivity index (χ1v) is 11.5. The van der Waals surface area contributed by atoms with Gasteiger partial charge in [0.15, 0.2) is 10.8 Å². The number of aromatic nitrogens is 3. The lowest BCUT2D eigenvalue weighted by Gasteiger charge is -2.31. The first-order valence-electron chi connectivity index (χ1n) is 10.7.